The Morgan fingerprint density at radius 2 is 1.24 bits per heavy atom. The van der Waals surface area contributed by atoms with E-state index >= 15 is 0 Å². The molecule has 12 rings (SSSR count). The number of nitrogens with zero attached hydrogens (tertiary/aromatic N) is 1. The van der Waals surface area contributed by atoms with Crippen LogP contribution >= 0.6 is 0 Å². The maximum atomic E-state index is 7.06. The van der Waals surface area contributed by atoms with Crippen LogP contribution in [0.5, 0.6) is 0 Å². The van der Waals surface area contributed by atoms with E-state index in [9.17, 15) is 0 Å². The summed E-state index contributed by atoms with van der Waals surface area (Å²) in [6.45, 7) is 11.9. The van der Waals surface area contributed by atoms with Crippen molar-refractivity contribution in [1.29, 1.82) is 0 Å². The monoisotopic (exact) mass is 747 g/mol. The molecule has 2 aromatic heterocycles. The fourth-order valence-electron chi connectivity index (χ4n) is 11.2. The summed E-state index contributed by atoms with van der Waals surface area (Å²) in [5.74, 6) is 0. The quantitative estimate of drug-likeness (QED) is 0.182. The van der Waals surface area contributed by atoms with Gasteiger partial charge < -0.3 is 14.3 Å². The van der Waals surface area contributed by atoms with Crippen LogP contribution in [-0.2, 0) is 16.2 Å². The highest BCUT2D eigenvalue weighted by Gasteiger charge is 2.45. The van der Waals surface area contributed by atoms with Gasteiger partial charge in [-0.25, -0.2) is 0 Å². The average molecular weight is 748 g/mol. The standard InChI is InChI=1S/C54H44BN2O/c1-32-29-37(35-22-16-24-40-48(35)56-43-25-14-13-23-39(43)54(40,33-17-8-6-9-18-33)34-19-10-7-11-20-34)47-50-46(32)36-21-12-15-26-44(36)57(50)49-38-30-41-42(31-45(38)58-51(49)55-47)53(4,5)28-27-52(41,2)3/h6-26,29-31,56H,27-28H2,1-5H3. The molecule has 4 heterocycles. The van der Waals surface area contributed by atoms with Gasteiger partial charge in [-0.2, -0.15) is 0 Å². The molecule has 2 aliphatic heterocycles. The van der Waals surface area contributed by atoms with Crippen molar-refractivity contribution in [3.8, 4) is 16.8 Å². The van der Waals surface area contributed by atoms with E-state index in [0.29, 0.717) is 0 Å². The number of rotatable bonds is 3. The molecule has 1 aliphatic carbocycles. The van der Waals surface area contributed by atoms with Crippen molar-refractivity contribution in [2.45, 2.75) is 63.7 Å². The molecule has 0 bridgehead atoms. The molecule has 0 atom stereocenters. The van der Waals surface area contributed by atoms with Crippen molar-refractivity contribution in [1.82, 2.24) is 4.57 Å². The highest BCUT2D eigenvalue weighted by Crippen LogP contribution is 2.56. The van der Waals surface area contributed by atoms with E-state index in [1.807, 2.05) is 0 Å². The van der Waals surface area contributed by atoms with Gasteiger partial charge in [-0.15, -0.1) is 0 Å². The SMILES string of the molecule is Cc1cc(-c2cccc3c2Nc2ccccc2C3(c2ccccc2)c2ccccc2)c2c3c1c1ccccc1n3-c1c(oc3cc4c(cc13)C(C)(C)CCC4(C)C)[B]2. The van der Waals surface area contributed by atoms with E-state index in [4.69, 9.17) is 4.42 Å². The predicted molar refractivity (Wildman–Crippen MR) is 243 cm³/mol. The fourth-order valence-corrected chi connectivity index (χ4v) is 11.2. The molecule has 0 saturated heterocycles. The molecule has 0 unspecified atom stereocenters. The molecule has 3 aliphatic rings. The smallest absolute Gasteiger partial charge is 0.247 e. The Balaban J connectivity index is 1.17. The van der Waals surface area contributed by atoms with E-state index in [2.05, 4.69) is 197 Å². The van der Waals surface area contributed by atoms with E-state index in [-0.39, 0.29) is 10.8 Å². The van der Waals surface area contributed by atoms with Crippen molar-refractivity contribution in [2.75, 3.05) is 5.32 Å². The summed E-state index contributed by atoms with van der Waals surface area (Å²) >= 11 is 0. The zero-order valence-corrected chi connectivity index (χ0v) is 33.7. The van der Waals surface area contributed by atoms with Crippen LogP contribution in [0.15, 0.2) is 150 Å². The van der Waals surface area contributed by atoms with Crippen molar-refractivity contribution < 1.29 is 4.42 Å². The first-order valence-corrected chi connectivity index (χ1v) is 20.8. The Labute approximate surface area is 340 Å². The molecule has 0 spiro atoms. The zero-order valence-electron chi connectivity index (χ0n) is 33.7. The lowest BCUT2D eigenvalue weighted by Gasteiger charge is -2.43. The van der Waals surface area contributed by atoms with E-state index < -0.39 is 5.41 Å². The summed E-state index contributed by atoms with van der Waals surface area (Å²) in [5, 5.41) is 7.79. The number of anilines is 2. The molecular formula is C54H44BN2O. The van der Waals surface area contributed by atoms with Crippen LogP contribution in [0.4, 0.5) is 11.4 Å². The van der Waals surface area contributed by atoms with Crippen molar-refractivity contribution in [3.05, 3.63) is 185 Å². The average Bonchev–Trinajstić information content (AvgIpc) is 3.79. The minimum atomic E-state index is -0.544. The number of para-hydroxylation sites is 3. The molecule has 0 amide bonds. The summed E-state index contributed by atoms with van der Waals surface area (Å²) in [6.07, 6.45) is 2.33. The number of aromatic nitrogens is 1. The third kappa shape index (κ3) is 4.35. The highest BCUT2D eigenvalue weighted by atomic mass is 16.3. The number of hydrogen-bond donors (Lipinski definition) is 1. The van der Waals surface area contributed by atoms with Gasteiger partial charge in [-0.05, 0) is 105 Å². The molecule has 4 heteroatoms. The molecule has 1 N–H and O–H groups in total. The highest BCUT2D eigenvalue weighted by molar-refractivity contribution is 6.73. The van der Waals surface area contributed by atoms with Gasteiger partial charge in [0.1, 0.15) is 5.58 Å². The zero-order chi connectivity index (χ0) is 39.1. The van der Waals surface area contributed by atoms with Crippen molar-refractivity contribution >= 4 is 62.6 Å². The minimum Gasteiger partial charge on any atom is -0.469 e. The van der Waals surface area contributed by atoms with Crippen LogP contribution < -0.4 is 16.4 Å². The van der Waals surface area contributed by atoms with E-state index in [1.54, 1.807) is 0 Å². The van der Waals surface area contributed by atoms with Crippen LogP contribution in [0, 0.1) is 6.92 Å². The Morgan fingerprint density at radius 3 is 1.98 bits per heavy atom. The normalized spacial score (nSPS) is 16.6. The second-order valence-electron chi connectivity index (χ2n) is 18.2. The van der Waals surface area contributed by atoms with Crippen LogP contribution in [0.2, 0.25) is 0 Å². The van der Waals surface area contributed by atoms with Crippen LogP contribution in [0.3, 0.4) is 0 Å². The number of aryl methyl sites for hydroxylation is 1. The molecule has 0 fully saturated rings. The second kappa shape index (κ2) is 11.7. The minimum absolute atomic E-state index is 0.0868. The first-order chi connectivity index (χ1) is 28.2. The lowest BCUT2D eigenvalue weighted by molar-refractivity contribution is 0.332. The third-order valence-corrected chi connectivity index (χ3v) is 14.1. The summed E-state index contributed by atoms with van der Waals surface area (Å²) < 4.78 is 9.59. The van der Waals surface area contributed by atoms with Crippen LogP contribution in [-0.4, -0.2) is 11.8 Å². The lowest BCUT2D eigenvalue weighted by Crippen LogP contribution is -2.37. The Bertz CT molecular complexity index is 3140. The van der Waals surface area contributed by atoms with Gasteiger partial charge >= 0.3 is 0 Å². The molecule has 279 valence electrons. The first-order valence-electron chi connectivity index (χ1n) is 20.8. The number of furan rings is 1. The summed E-state index contributed by atoms with van der Waals surface area (Å²) in [5.41, 5.74) is 20.0. The van der Waals surface area contributed by atoms with Gasteiger partial charge in [0, 0.05) is 32.9 Å². The number of hydrogen-bond acceptors (Lipinski definition) is 2. The molecule has 58 heavy (non-hydrogen) atoms. The van der Waals surface area contributed by atoms with Gasteiger partial charge in [0.15, 0.2) is 0 Å². The number of benzene rings is 7. The summed E-state index contributed by atoms with van der Waals surface area (Å²) in [7, 11) is 2.35. The summed E-state index contributed by atoms with van der Waals surface area (Å²) in [6, 6.07) is 54.1. The Kier molecular flexibility index (Phi) is 6.81. The lowest BCUT2D eigenvalue weighted by atomic mass is 9.60. The van der Waals surface area contributed by atoms with Crippen LogP contribution in [0.1, 0.15) is 79.5 Å². The Hall–Kier alpha value is -6.26. The topological polar surface area (TPSA) is 30.1 Å². The molecule has 7 aromatic carbocycles. The van der Waals surface area contributed by atoms with E-state index in [1.165, 1.54) is 89.1 Å². The van der Waals surface area contributed by atoms with Gasteiger partial charge in [0.05, 0.1) is 28.0 Å². The molecule has 3 nitrogen and oxygen atoms in total. The first kappa shape index (κ1) is 33.8. The summed E-state index contributed by atoms with van der Waals surface area (Å²) in [4.78, 5) is 0. The predicted octanol–water partition coefficient (Wildman–Crippen LogP) is 12.3. The number of nitrogens with one attached hydrogen (secondary N) is 1. The molecular weight excluding hydrogens is 703 g/mol. The van der Waals surface area contributed by atoms with Crippen molar-refractivity contribution in [2.24, 2.45) is 0 Å². The third-order valence-electron chi connectivity index (χ3n) is 14.1. The van der Waals surface area contributed by atoms with Gasteiger partial charge in [0.25, 0.3) is 0 Å². The van der Waals surface area contributed by atoms with E-state index in [0.717, 1.165) is 34.7 Å². The second-order valence-corrected chi connectivity index (χ2v) is 18.2. The maximum Gasteiger partial charge on any atom is 0.247 e. The fraction of sp³-hybridized carbons (Fsp3) is 0.185. The number of fused-ring (bicyclic) bond motifs is 10. The van der Waals surface area contributed by atoms with Gasteiger partial charge in [-0.3, -0.25) is 0 Å². The Morgan fingerprint density at radius 1 is 0.603 bits per heavy atom. The van der Waals surface area contributed by atoms with Crippen LogP contribution in [0.25, 0.3) is 49.6 Å². The largest absolute Gasteiger partial charge is 0.469 e. The molecule has 9 aromatic rings. The van der Waals surface area contributed by atoms with Gasteiger partial charge in [0.2, 0.25) is 7.28 Å². The molecule has 0 saturated carbocycles. The van der Waals surface area contributed by atoms with Crippen molar-refractivity contribution in [3.63, 3.8) is 0 Å². The van der Waals surface area contributed by atoms with Gasteiger partial charge in [-0.1, -0.05) is 149 Å². The molecule has 1 radical (unpaired) electrons. The maximum absolute atomic E-state index is 7.06.